The van der Waals surface area contributed by atoms with Crippen LogP contribution in [0.4, 0.5) is 0 Å². The van der Waals surface area contributed by atoms with Gasteiger partial charge < -0.3 is 5.11 Å². The van der Waals surface area contributed by atoms with E-state index >= 15 is 0 Å². The van der Waals surface area contributed by atoms with Crippen molar-refractivity contribution in [3.8, 4) is 0 Å². The lowest BCUT2D eigenvalue weighted by molar-refractivity contribution is 0.342. The van der Waals surface area contributed by atoms with Gasteiger partial charge in [-0.3, -0.25) is 0 Å². The Morgan fingerprint density at radius 2 is 2.20 bits per heavy atom. The molecule has 0 saturated carbocycles. The number of hydrogen-bond acceptors (Lipinski definition) is 1. The van der Waals surface area contributed by atoms with Crippen LogP contribution < -0.4 is 0 Å². The molecule has 0 saturated heterocycles. The number of aliphatic hydroxyl groups is 1. The summed E-state index contributed by atoms with van der Waals surface area (Å²) >= 11 is 0. The number of aliphatic hydroxyl groups excluding tert-OH is 1. The minimum Gasteiger partial charge on any atom is -0.392 e. The highest BCUT2D eigenvalue weighted by molar-refractivity contribution is 5.15. The van der Waals surface area contributed by atoms with E-state index in [1.165, 1.54) is 12.0 Å². The van der Waals surface area contributed by atoms with Crippen molar-refractivity contribution in [2.45, 2.75) is 26.7 Å². The zero-order valence-corrected chi connectivity index (χ0v) is 6.80. The Morgan fingerprint density at radius 1 is 1.50 bits per heavy atom. The zero-order valence-electron chi connectivity index (χ0n) is 6.80. The van der Waals surface area contributed by atoms with Gasteiger partial charge >= 0.3 is 0 Å². The molecule has 0 heterocycles. The van der Waals surface area contributed by atoms with Crippen molar-refractivity contribution in [1.29, 1.82) is 0 Å². The standard InChI is InChI=1S/C9H16O/c1-3-4-6-9(2)7-5-8-10/h5-7,10H,3-4,8H2,1-2H3. The second-order valence-electron chi connectivity index (χ2n) is 2.32. The van der Waals surface area contributed by atoms with Gasteiger partial charge in [0.25, 0.3) is 0 Å². The maximum absolute atomic E-state index is 8.43. The summed E-state index contributed by atoms with van der Waals surface area (Å²) in [7, 11) is 0. The summed E-state index contributed by atoms with van der Waals surface area (Å²) < 4.78 is 0. The zero-order chi connectivity index (χ0) is 7.82. The topological polar surface area (TPSA) is 20.2 Å². The molecule has 0 bridgehead atoms. The van der Waals surface area contributed by atoms with Crippen LogP contribution in [0.25, 0.3) is 0 Å². The van der Waals surface area contributed by atoms with Crippen molar-refractivity contribution >= 4 is 0 Å². The first-order valence-electron chi connectivity index (χ1n) is 3.75. The molecule has 0 aromatic carbocycles. The first-order valence-corrected chi connectivity index (χ1v) is 3.75. The molecule has 0 fully saturated rings. The molecule has 10 heavy (non-hydrogen) atoms. The van der Waals surface area contributed by atoms with Crippen LogP contribution in [0.2, 0.25) is 0 Å². The lowest BCUT2D eigenvalue weighted by Gasteiger charge is -1.89. The molecule has 0 rings (SSSR count). The summed E-state index contributed by atoms with van der Waals surface area (Å²) in [5.74, 6) is 0. The number of rotatable bonds is 4. The molecule has 1 N–H and O–H groups in total. The maximum Gasteiger partial charge on any atom is 0.0615 e. The van der Waals surface area contributed by atoms with Crippen molar-refractivity contribution in [2.24, 2.45) is 0 Å². The normalized spacial score (nSPS) is 12.9. The van der Waals surface area contributed by atoms with Crippen LogP contribution in [0.3, 0.4) is 0 Å². The summed E-state index contributed by atoms with van der Waals surface area (Å²) in [5, 5.41) is 8.43. The first-order chi connectivity index (χ1) is 4.81. The summed E-state index contributed by atoms with van der Waals surface area (Å²) in [6.07, 6.45) is 8.18. The predicted octanol–water partition coefficient (Wildman–Crippen LogP) is 2.28. The summed E-state index contributed by atoms with van der Waals surface area (Å²) in [4.78, 5) is 0. The molecule has 0 unspecified atom stereocenters. The largest absolute Gasteiger partial charge is 0.392 e. The summed E-state index contributed by atoms with van der Waals surface area (Å²) in [5.41, 5.74) is 1.23. The van der Waals surface area contributed by atoms with E-state index in [0.717, 1.165) is 6.42 Å². The van der Waals surface area contributed by atoms with E-state index in [2.05, 4.69) is 13.0 Å². The van der Waals surface area contributed by atoms with Gasteiger partial charge in [0, 0.05) is 0 Å². The monoisotopic (exact) mass is 140 g/mol. The van der Waals surface area contributed by atoms with Gasteiger partial charge in [0.1, 0.15) is 0 Å². The fraction of sp³-hybridized carbons (Fsp3) is 0.556. The van der Waals surface area contributed by atoms with Crippen LogP contribution in [0.5, 0.6) is 0 Å². The van der Waals surface area contributed by atoms with Crippen LogP contribution >= 0.6 is 0 Å². The van der Waals surface area contributed by atoms with Gasteiger partial charge in [-0.2, -0.15) is 0 Å². The molecule has 0 aliphatic heterocycles. The first kappa shape index (κ1) is 9.44. The van der Waals surface area contributed by atoms with Crippen molar-refractivity contribution in [2.75, 3.05) is 6.61 Å². The molecule has 0 aromatic heterocycles. The Morgan fingerprint density at radius 3 is 2.70 bits per heavy atom. The van der Waals surface area contributed by atoms with Crippen LogP contribution in [0, 0.1) is 0 Å². The number of hydrogen-bond donors (Lipinski definition) is 1. The average Bonchev–Trinajstić information content (AvgIpc) is 1.97. The Bertz CT molecular complexity index is 123. The van der Waals surface area contributed by atoms with E-state index in [4.69, 9.17) is 5.11 Å². The van der Waals surface area contributed by atoms with Gasteiger partial charge in [-0.05, 0) is 13.3 Å². The van der Waals surface area contributed by atoms with Crippen molar-refractivity contribution in [3.05, 3.63) is 23.8 Å². The third kappa shape index (κ3) is 5.57. The van der Waals surface area contributed by atoms with E-state index in [-0.39, 0.29) is 6.61 Å². The molecule has 58 valence electrons. The summed E-state index contributed by atoms with van der Waals surface area (Å²) in [6, 6.07) is 0. The molecular formula is C9H16O. The third-order valence-corrected chi connectivity index (χ3v) is 1.24. The highest BCUT2D eigenvalue weighted by Gasteiger charge is 1.79. The second kappa shape index (κ2) is 6.56. The molecular weight excluding hydrogens is 124 g/mol. The van der Waals surface area contributed by atoms with E-state index in [0.29, 0.717) is 0 Å². The quantitative estimate of drug-likeness (QED) is 0.594. The SMILES string of the molecule is CCCC=C(C)C=CCO. The third-order valence-electron chi connectivity index (χ3n) is 1.24. The molecule has 0 aromatic rings. The highest BCUT2D eigenvalue weighted by atomic mass is 16.2. The van der Waals surface area contributed by atoms with Gasteiger partial charge in [-0.15, -0.1) is 0 Å². The minimum atomic E-state index is 0.136. The second-order valence-corrected chi connectivity index (χ2v) is 2.32. The van der Waals surface area contributed by atoms with Gasteiger partial charge in [0.05, 0.1) is 6.61 Å². The molecule has 0 aliphatic carbocycles. The van der Waals surface area contributed by atoms with E-state index in [1.54, 1.807) is 6.08 Å². The Labute approximate surface area is 63.1 Å². The van der Waals surface area contributed by atoms with E-state index in [1.807, 2.05) is 13.0 Å². The Kier molecular flexibility index (Phi) is 6.19. The molecule has 0 amide bonds. The average molecular weight is 140 g/mol. The van der Waals surface area contributed by atoms with Crippen LogP contribution in [0.1, 0.15) is 26.7 Å². The predicted molar refractivity (Wildman–Crippen MR) is 44.9 cm³/mol. The van der Waals surface area contributed by atoms with Crippen LogP contribution in [0.15, 0.2) is 23.8 Å². The van der Waals surface area contributed by atoms with Gasteiger partial charge in [-0.25, -0.2) is 0 Å². The highest BCUT2D eigenvalue weighted by Crippen LogP contribution is 1.98. The Balaban J connectivity index is 3.59. The smallest absolute Gasteiger partial charge is 0.0615 e. The maximum atomic E-state index is 8.43. The van der Waals surface area contributed by atoms with Crippen molar-refractivity contribution in [3.63, 3.8) is 0 Å². The van der Waals surface area contributed by atoms with Crippen molar-refractivity contribution < 1.29 is 5.11 Å². The molecule has 1 heteroatoms. The molecule has 0 radical (unpaired) electrons. The molecule has 0 spiro atoms. The lowest BCUT2D eigenvalue weighted by atomic mass is 10.2. The van der Waals surface area contributed by atoms with Crippen molar-refractivity contribution in [1.82, 2.24) is 0 Å². The van der Waals surface area contributed by atoms with Crippen LogP contribution in [-0.2, 0) is 0 Å². The lowest BCUT2D eigenvalue weighted by Crippen LogP contribution is -1.73. The molecule has 0 atom stereocenters. The number of unbranched alkanes of at least 4 members (excludes halogenated alkanes) is 1. The van der Waals surface area contributed by atoms with Gasteiger partial charge in [0.2, 0.25) is 0 Å². The molecule has 0 aliphatic rings. The van der Waals surface area contributed by atoms with Gasteiger partial charge in [-0.1, -0.05) is 37.1 Å². The van der Waals surface area contributed by atoms with Crippen LogP contribution in [-0.4, -0.2) is 11.7 Å². The fourth-order valence-corrected chi connectivity index (χ4v) is 0.679. The number of allylic oxidation sites excluding steroid dienone is 3. The van der Waals surface area contributed by atoms with E-state index < -0.39 is 0 Å². The van der Waals surface area contributed by atoms with Gasteiger partial charge in [0.15, 0.2) is 0 Å². The van der Waals surface area contributed by atoms with E-state index in [9.17, 15) is 0 Å². The molecule has 1 nitrogen and oxygen atoms in total. The minimum absolute atomic E-state index is 0.136. The fourth-order valence-electron chi connectivity index (χ4n) is 0.679. The summed E-state index contributed by atoms with van der Waals surface area (Å²) in [6.45, 7) is 4.33. The Hall–Kier alpha value is -0.560.